The predicted octanol–water partition coefficient (Wildman–Crippen LogP) is 6.20. The van der Waals surface area contributed by atoms with Crippen molar-refractivity contribution in [1.82, 2.24) is 0 Å². The summed E-state index contributed by atoms with van der Waals surface area (Å²) in [5.41, 5.74) is 0. The molecule has 2 nitrogen and oxygen atoms in total. The molecule has 0 aliphatic rings. The summed E-state index contributed by atoms with van der Waals surface area (Å²) >= 11 is 0. The van der Waals surface area contributed by atoms with Gasteiger partial charge in [0.25, 0.3) is 0 Å². The molecule has 2 heteroatoms. The van der Waals surface area contributed by atoms with Crippen LogP contribution in [0.2, 0.25) is 0 Å². The van der Waals surface area contributed by atoms with E-state index >= 15 is 0 Å². The van der Waals surface area contributed by atoms with E-state index in [1.54, 1.807) is 0 Å². The molecule has 0 atom stereocenters. The zero-order valence-electron chi connectivity index (χ0n) is 14.4. The van der Waals surface area contributed by atoms with Gasteiger partial charge in [0.05, 0.1) is 6.61 Å². The van der Waals surface area contributed by atoms with Gasteiger partial charge in [0, 0.05) is 6.42 Å². The average Bonchev–Trinajstić information content (AvgIpc) is 2.48. The second-order valence-corrected chi connectivity index (χ2v) is 5.79. The molecule has 0 aromatic heterocycles. The highest BCUT2D eigenvalue weighted by Gasteiger charge is 1.97. The van der Waals surface area contributed by atoms with Crippen LogP contribution in [-0.4, -0.2) is 12.6 Å². The molecule has 0 unspecified atom stereocenters. The largest absolute Gasteiger partial charge is 0.466 e. The highest BCUT2D eigenvalue weighted by atomic mass is 16.5. The van der Waals surface area contributed by atoms with E-state index in [0.717, 1.165) is 12.8 Å². The topological polar surface area (TPSA) is 26.3 Å². The number of carbonyl (C=O) groups is 1. The summed E-state index contributed by atoms with van der Waals surface area (Å²) in [5.74, 6) is -0.0823. The number of esters is 1. The Balaban J connectivity index is 3.13. The summed E-state index contributed by atoms with van der Waals surface area (Å²) < 4.78 is 4.88. The fourth-order valence-electron chi connectivity index (χ4n) is 2.42. The zero-order chi connectivity index (χ0) is 15.6. The summed E-state index contributed by atoms with van der Waals surface area (Å²) in [4.78, 5) is 11.1. The van der Waals surface area contributed by atoms with Gasteiger partial charge in [0.15, 0.2) is 0 Å². The summed E-state index contributed by atoms with van der Waals surface area (Å²) in [6.07, 6.45) is 20.7. The Kier molecular flexibility index (Phi) is 16.6. The van der Waals surface area contributed by atoms with Gasteiger partial charge in [0.1, 0.15) is 0 Å². The van der Waals surface area contributed by atoms with Gasteiger partial charge in [-0.15, -0.1) is 0 Å². The second kappa shape index (κ2) is 17.3. The van der Waals surface area contributed by atoms with Crippen LogP contribution >= 0.6 is 0 Å². The van der Waals surface area contributed by atoms with E-state index in [1.807, 2.05) is 6.92 Å². The van der Waals surface area contributed by atoms with E-state index in [1.165, 1.54) is 64.2 Å². The van der Waals surface area contributed by atoms with E-state index in [4.69, 9.17) is 4.74 Å². The first-order valence-corrected chi connectivity index (χ1v) is 9.11. The van der Waals surface area contributed by atoms with Crippen LogP contribution in [-0.2, 0) is 9.53 Å². The van der Waals surface area contributed by atoms with Crippen LogP contribution in [0.4, 0.5) is 0 Å². The third-order valence-corrected chi connectivity index (χ3v) is 3.71. The van der Waals surface area contributed by atoms with Gasteiger partial charge >= 0.3 is 5.97 Å². The lowest BCUT2D eigenvalue weighted by molar-refractivity contribution is -0.142. The molecule has 0 radical (unpaired) electrons. The predicted molar refractivity (Wildman–Crippen MR) is 91.5 cm³/mol. The normalized spacial score (nSPS) is 11.1. The maximum absolute atomic E-state index is 11.1. The quantitative estimate of drug-likeness (QED) is 0.204. The smallest absolute Gasteiger partial charge is 0.306 e. The van der Waals surface area contributed by atoms with E-state index in [9.17, 15) is 4.79 Å². The summed E-state index contributed by atoms with van der Waals surface area (Å²) in [7, 11) is 0. The third kappa shape index (κ3) is 17.2. The lowest BCUT2D eigenvalue weighted by Gasteiger charge is -2.01. The number of hydrogen-bond acceptors (Lipinski definition) is 2. The van der Waals surface area contributed by atoms with Crippen molar-refractivity contribution in [3.63, 3.8) is 0 Å². The van der Waals surface area contributed by atoms with Crippen molar-refractivity contribution < 1.29 is 9.53 Å². The molecule has 0 spiro atoms. The third-order valence-electron chi connectivity index (χ3n) is 3.71. The molecule has 0 heterocycles. The summed E-state index contributed by atoms with van der Waals surface area (Å²) in [6, 6.07) is 0. The Morgan fingerprint density at radius 3 is 1.86 bits per heavy atom. The molecule has 0 aromatic rings. The van der Waals surface area contributed by atoms with Gasteiger partial charge in [-0.05, 0) is 26.2 Å². The standard InChI is InChI=1S/C19H36O2/c1-3-5-6-7-8-9-10-11-12-13-14-15-16-17-18-19(20)21-4-2/h15-16H,3-14,17-18H2,1-2H3/b16-15+. The van der Waals surface area contributed by atoms with Crippen LogP contribution in [0.25, 0.3) is 0 Å². The molecule has 0 saturated heterocycles. The highest BCUT2D eigenvalue weighted by molar-refractivity contribution is 5.69. The maximum Gasteiger partial charge on any atom is 0.306 e. The summed E-state index contributed by atoms with van der Waals surface area (Å²) in [6.45, 7) is 4.60. The monoisotopic (exact) mass is 296 g/mol. The molecule has 0 aliphatic carbocycles. The fourth-order valence-corrected chi connectivity index (χ4v) is 2.42. The van der Waals surface area contributed by atoms with Crippen molar-refractivity contribution >= 4 is 5.97 Å². The summed E-state index contributed by atoms with van der Waals surface area (Å²) in [5, 5.41) is 0. The van der Waals surface area contributed by atoms with E-state index in [-0.39, 0.29) is 5.97 Å². The first kappa shape index (κ1) is 20.2. The molecule has 0 saturated carbocycles. The molecular formula is C19H36O2. The Morgan fingerprint density at radius 1 is 0.762 bits per heavy atom. The Hall–Kier alpha value is -0.790. The van der Waals surface area contributed by atoms with Crippen LogP contribution in [0.15, 0.2) is 12.2 Å². The lowest BCUT2D eigenvalue weighted by atomic mass is 10.1. The first-order chi connectivity index (χ1) is 10.3. The molecule has 0 fully saturated rings. The van der Waals surface area contributed by atoms with Crippen molar-refractivity contribution in [2.24, 2.45) is 0 Å². The Labute approximate surface area is 132 Å². The number of ether oxygens (including phenoxy) is 1. The highest BCUT2D eigenvalue weighted by Crippen LogP contribution is 2.11. The average molecular weight is 296 g/mol. The molecule has 0 aliphatic heterocycles. The minimum absolute atomic E-state index is 0.0823. The Morgan fingerprint density at radius 2 is 1.29 bits per heavy atom. The number of allylic oxidation sites excluding steroid dienone is 2. The minimum Gasteiger partial charge on any atom is -0.466 e. The molecule has 0 N–H and O–H groups in total. The number of carbonyl (C=O) groups excluding carboxylic acids is 1. The van der Waals surface area contributed by atoms with Gasteiger partial charge in [-0.25, -0.2) is 0 Å². The van der Waals surface area contributed by atoms with Gasteiger partial charge in [-0.2, -0.15) is 0 Å². The van der Waals surface area contributed by atoms with Gasteiger partial charge in [-0.1, -0.05) is 76.9 Å². The molecule has 0 bridgehead atoms. The van der Waals surface area contributed by atoms with Crippen LogP contribution in [0, 0.1) is 0 Å². The van der Waals surface area contributed by atoms with Crippen molar-refractivity contribution in [1.29, 1.82) is 0 Å². The van der Waals surface area contributed by atoms with Crippen LogP contribution in [0.3, 0.4) is 0 Å². The fraction of sp³-hybridized carbons (Fsp3) is 0.842. The zero-order valence-corrected chi connectivity index (χ0v) is 14.4. The van der Waals surface area contributed by atoms with Gasteiger partial charge in [-0.3, -0.25) is 4.79 Å². The van der Waals surface area contributed by atoms with Crippen molar-refractivity contribution in [3.05, 3.63) is 12.2 Å². The molecule has 0 rings (SSSR count). The SMILES string of the molecule is CCCCCCCCCCCC/C=C/CCC(=O)OCC. The lowest BCUT2D eigenvalue weighted by Crippen LogP contribution is -2.02. The van der Waals surface area contributed by atoms with Crippen molar-refractivity contribution in [2.75, 3.05) is 6.61 Å². The van der Waals surface area contributed by atoms with Gasteiger partial charge in [0.2, 0.25) is 0 Å². The van der Waals surface area contributed by atoms with Crippen LogP contribution in [0.1, 0.15) is 97.3 Å². The number of rotatable bonds is 15. The molecule has 21 heavy (non-hydrogen) atoms. The van der Waals surface area contributed by atoms with E-state index < -0.39 is 0 Å². The molecular weight excluding hydrogens is 260 g/mol. The van der Waals surface area contributed by atoms with Crippen LogP contribution in [0.5, 0.6) is 0 Å². The number of hydrogen-bond donors (Lipinski definition) is 0. The van der Waals surface area contributed by atoms with Crippen molar-refractivity contribution in [3.8, 4) is 0 Å². The molecule has 124 valence electrons. The van der Waals surface area contributed by atoms with Crippen molar-refractivity contribution in [2.45, 2.75) is 97.3 Å². The minimum atomic E-state index is -0.0823. The second-order valence-electron chi connectivity index (χ2n) is 5.79. The van der Waals surface area contributed by atoms with E-state index in [0.29, 0.717) is 13.0 Å². The maximum atomic E-state index is 11.1. The molecule has 0 aromatic carbocycles. The Bertz CT molecular complexity index is 246. The first-order valence-electron chi connectivity index (χ1n) is 9.11. The van der Waals surface area contributed by atoms with Crippen LogP contribution < -0.4 is 0 Å². The van der Waals surface area contributed by atoms with Gasteiger partial charge < -0.3 is 4.74 Å². The number of unbranched alkanes of at least 4 members (excludes halogenated alkanes) is 10. The molecule has 0 amide bonds. The van der Waals surface area contributed by atoms with E-state index in [2.05, 4.69) is 19.1 Å².